The summed E-state index contributed by atoms with van der Waals surface area (Å²) in [6, 6.07) is 0. The Morgan fingerprint density at radius 2 is 1.93 bits per heavy atom. The maximum atomic E-state index is 12.9. The number of aliphatic hydroxyl groups excluding tert-OH is 1. The highest BCUT2D eigenvalue weighted by molar-refractivity contribution is 5.90. The number of fused-ring (bicyclic) bond motifs is 3. The van der Waals surface area contributed by atoms with Gasteiger partial charge in [-0.05, 0) is 38.0 Å². The molecule has 0 bridgehead atoms. The molecule has 7 atom stereocenters. The minimum Gasteiger partial charge on any atom is -0.462 e. The molecule has 3 fully saturated rings. The van der Waals surface area contributed by atoms with Gasteiger partial charge >= 0.3 is 5.97 Å². The Balaban J connectivity index is 2.02. The third kappa shape index (κ3) is 2.89. The highest BCUT2D eigenvalue weighted by Gasteiger charge is 2.67. The Labute approximate surface area is 162 Å². The molecule has 2 saturated carbocycles. The van der Waals surface area contributed by atoms with Gasteiger partial charge in [0.15, 0.2) is 5.78 Å². The smallest absolute Gasteiger partial charge is 0.302 e. The van der Waals surface area contributed by atoms with E-state index in [1.165, 1.54) is 6.92 Å². The van der Waals surface area contributed by atoms with Crippen LogP contribution in [0.4, 0.5) is 0 Å². The summed E-state index contributed by atoms with van der Waals surface area (Å²) in [6.45, 7) is 15.4. The van der Waals surface area contributed by atoms with Crippen molar-refractivity contribution in [3.63, 3.8) is 0 Å². The van der Waals surface area contributed by atoms with Crippen molar-refractivity contribution in [3.05, 3.63) is 12.7 Å². The topological polar surface area (TPSA) is 72.8 Å². The van der Waals surface area contributed by atoms with Crippen molar-refractivity contribution in [2.75, 3.05) is 0 Å². The molecule has 0 spiro atoms. The van der Waals surface area contributed by atoms with Crippen LogP contribution in [0.25, 0.3) is 0 Å². The molecule has 5 nitrogen and oxygen atoms in total. The van der Waals surface area contributed by atoms with E-state index >= 15 is 0 Å². The van der Waals surface area contributed by atoms with E-state index in [1.807, 2.05) is 6.92 Å². The van der Waals surface area contributed by atoms with Gasteiger partial charge < -0.3 is 14.6 Å². The molecule has 0 aromatic carbocycles. The first-order valence-corrected chi connectivity index (χ1v) is 10.0. The summed E-state index contributed by atoms with van der Waals surface area (Å²) in [4.78, 5) is 24.5. The molecule has 27 heavy (non-hydrogen) atoms. The number of hydrogen-bond acceptors (Lipinski definition) is 5. The van der Waals surface area contributed by atoms with Crippen LogP contribution in [0.5, 0.6) is 0 Å². The Kier molecular flexibility index (Phi) is 4.68. The predicted octanol–water partition coefficient (Wildman–Crippen LogP) is 3.43. The van der Waals surface area contributed by atoms with Crippen LogP contribution in [0, 0.1) is 22.7 Å². The fourth-order valence-corrected chi connectivity index (χ4v) is 6.78. The molecule has 0 aromatic rings. The minimum absolute atomic E-state index is 0.0106. The molecule has 0 radical (unpaired) electrons. The maximum Gasteiger partial charge on any atom is 0.302 e. The lowest BCUT2D eigenvalue weighted by molar-refractivity contribution is -0.278. The molecule has 3 rings (SSSR count). The lowest BCUT2D eigenvalue weighted by Gasteiger charge is -2.66. The standard InChI is InChI=1S/C22H34O5/c1-8-21(6)16(25)11-15-20(5)10-9-17(26-13(2)23)19(3,4)18(20)14(24)12-22(15,7)27-21/h8,14-15,17-18,24H,1,9-12H2,2-7H3/t14-,15-,17-,18+,20-,21-,22-/m0/s1. The molecule has 2 aliphatic carbocycles. The normalized spacial score (nSPS) is 48.9. The Bertz CT molecular complexity index is 670. The lowest BCUT2D eigenvalue weighted by atomic mass is 9.43. The zero-order valence-corrected chi connectivity index (χ0v) is 17.5. The molecular weight excluding hydrogens is 344 g/mol. The van der Waals surface area contributed by atoms with Crippen LogP contribution < -0.4 is 0 Å². The van der Waals surface area contributed by atoms with E-state index in [-0.39, 0.29) is 40.5 Å². The fourth-order valence-electron chi connectivity index (χ4n) is 6.78. The third-order valence-corrected chi connectivity index (χ3v) is 7.91. The summed E-state index contributed by atoms with van der Waals surface area (Å²) in [5.74, 6) is -0.303. The summed E-state index contributed by atoms with van der Waals surface area (Å²) in [5, 5.41) is 11.2. The highest BCUT2D eigenvalue weighted by Crippen LogP contribution is 2.65. The number of esters is 1. The van der Waals surface area contributed by atoms with Gasteiger partial charge in [0.1, 0.15) is 11.7 Å². The van der Waals surface area contributed by atoms with Crippen LogP contribution in [0.15, 0.2) is 12.7 Å². The Hall–Kier alpha value is -1.20. The second-order valence-electron chi connectivity index (χ2n) is 10.1. The summed E-state index contributed by atoms with van der Waals surface area (Å²) in [7, 11) is 0. The van der Waals surface area contributed by atoms with Crippen molar-refractivity contribution in [1.29, 1.82) is 0 Å². The van der Waals surface area contributed by atoms with Crippen LogP contribution >= 0.6 is 0 Å². The first kappa shape index (κ1) is 20.5. The fraction of sp³-hybridized carbons (Fsp3) is 0.818. The first-order valence-electron chi connectivity index (χ1n) is 10.0. The van der Waals surface area contributed by atoms with Crippen LogP contribution in [0.2, 0.25) is 0 Å². The van der Waals surface area contributed by atoms with Gasteiger partial charge in [0.2, 0.25) is 0 Å². The average Bonchev–Trinajstić information content (AvgIpc) is 2.52. The number of Topliss-reactive ketones (excluding diaryl/α,β-unsaturated/α-hetero) is 1. The van der Waals surface area contributed by atoms with E-state index in [0.717, 1.165) is 12.8 Å². The van der Waals surface area contributed by atoms with E-state index in [9.17, 15) is 14.7 Å². The van der Waals surface area contributed by atoms with Gasteiger partial charge in [0.25, 0.3) is 0 Å². The molecule has 0 aromatic heterocycles. The van der Waals surface area contributed by atoms with E-state index in [2.05, 4.69) is 27.4 Å². The molecule has 3 aliphatic rings. The van der Waals surface area contributed by atoms with Crippen molar-refractivity contribution in [3.8, 4) is 0 Å². The summed E-state index contributed by atoms with van der Waals surface area (Å²) >= 11 is 0. The zero-order chi connectivity index (χ0) is 20.4. The Morgan fingerprint density at radius 1 is 1.30 bits per heavy atom. The quantitative estimate of drug-likeness (QED) is 0.589. The summed E-state index contributed by atoms with van der Waals surface area (Å²) in [5.41, 5.74) is -2.25. The number of rotatable bonds is 2. The molecule has 1 N–H and O–H groups in total. The number of hydrogen-bond donors (Lipinski definition) is 1. The molecule has 0 unspecified atom stereocenters. The summed E-state index contributed by atoms with van der Waals surface area (Å²) in [6.07, 6.45) is 3.17. The third-order valence-electron chi connectivity index (χ3n) is 7.91. The van der Waals surface area contributed by atoms with Gasteiger partial charge in [-0.2, -0.15) is 0 Å². The maximum absolute atomic E-state index is 12.9. The van der Waals surface area contributed by atoms with Crippen LogP contribution in [-0.2, 0) is 19.1 Å². The Morgan fingerprint density at radius 3 is 2.48 bits per heavy atom. The minimum atomic E-state index is -1.00. The molecule has 152 valence electrons. The van der Waals surface area contributed by atoms with Crippen molar-refractivity contribution in [2.45, 2.75) is 90.6 Å². The van der Waals surface area contributed by atoms with E-state index in [4.69, 9.17) is 9.47 Å². The molecule has 1 aliphatic heterocycles. The molecule has 5 heteroatoms. The number of carbonyl (C=O) groups is 2. The number of carbonyl (C=O) groups excluding carboxylic acids is 2. The molecule has 0 amide bonds. The van der Waals surface area contributed by atoms with E-state index in [1.54, 1.807) is 13.0 Å². The van der Waals surface area contributed by atoms with Gasteiger partial charge in [0.05, 0.1) is 11.7 Å². The van der Waals surface area contributed by atoms with Crippen molar-refractivity contribution >= 4 is 11.8 Å². The van der Waals surface area contributed by atoms with Gasteiger partial charge in [-0.25, -0.2) is 0 Å². The first-order chi connectivity index (χ1) is 12.3. The van der Waals surface area contributed by atoms with Gasteiger partial charge in [0, 0.05) is 31.1 Å². The molecular formula is C22H34O5. The second kappa shape index (κ2) is 6.15. The van der Waals surface area contributed by atoms with Crippen LogP contribution in [0.3, 0.4) is 0 Å². The second-order valence-corrected chi connectivity index (χ2v) is 10.1. The number of ether oxygens (including phenoxy) is 2. The van der Waals surface area contributed by atoms with Crippen molar-refractivity contribution < 1.29 is 24.2 Å². The predicted molar refractivity (Wildman–Crippen MR) is 102 cm³/mol. The lowest BCUT2D eigenvalue weighted by Crippen LogP contribution is -2.70. The van der Waals surface area contributed by atoms with Crippen molar-refractivity contribution in [2.24, 2.45) is 22.7 Å². The van der Waals surface area contributed by atoms with Gasteiger partial charge in [-0.3, -0.25) is 9.59 Å². The van der Waals surface area contributed by atoms with Crippen LogP contribution in [-0.4, -0.2) is 40.3 Å². The number of ketones is 1. The summed E-state index contributed by atoms with van der Waals surface area (Å²) < 4.78 is 12.0. The molecule has 1 heterocycles. The largest absolute Gasteiger partial charge is 0.462 e. The molecule has 1 saturated heterocycles. The van der Waals surface area contributed by atoms with Crippen molar-refractivity contribution in [1.82, 2.24) is 0 Å². The zero-order valence-electron chi connectivity index (χ0n) is 17.5. The SMILES string of the molecule is C=C[C@]1(C)O[C@@]2(C)C[C@H](O)[C@@H]3C(C)(C)[C@@H](OC(C)=O)CC[C@@]3(C)[C@@H]2CC1=O. The highest BCUT2D eigenvalue weighted by atomic mass is 16.5. The van der Waals surface area contributed by atoms with E-state index < -0.39 is 17.3 Å². The van der Waals surface area contributed by atoms with Gasteiger partial charge in [-0.1, -0.05) is 33.4 Å². The van der Waals surface area contributed by atoms with E-state index in [0.29, 0.717) is 12.8 Å². The van der Waals surface area contributed by atoms with Crippen LogP contribution in [0.1, 0.15) is 67.2 Å². The monoisotopic (exact) mass is 378 g/mol. The van der Waals surface area contributed by atoms with Gasteiger partial charge in [-0.15, -0.1) is 0 Å². The average molecular weight is 379 g/mol. The number of aliphatic hydroxyl groups is 1.